The molecule has 6 heteroatoms. The third kappa shape index (κ3) is 5.00. The zero-order valence-corrected chi connectivity index (χ0v) is 15.4. The van der Waals surface area contributed by atoms with Gasteiger partial charge in [0.15, 0.2) is 11.5 Å². The minimum Gasteiger partial charge on any atom is -0.493 e. The van der Waals surface area contributed by atoms with E-state index in [1.165, 1.54) is 0 Å². The molecule has 1 N–H and O–H groups in total. The molecule has 1 aliphatic rings. The second-order valence-corrected chi connectivity index (χ2v) is 6.37. The molecule has 0 aliphatic carbocycles. The number of hydrogen-bond donors (Lipinski definition) is 1. The van der Waals surface area contributed by atoms with Crippen LogP contribution in [0.5, 0.6) is 11.5 Å². The van der Waals surface area contributed by atoms with Gasteiger partial charge in [0.2, 0.25) is 5.91 Å². The van der Waals surface area contributed by atoms with E-state index < -0.39 is 0 Å². The monoisotopic (exact) mass is 368 g/mol. The summed E-state index contributed by atoms with van der Waals surface area (Å²) in [6.45, 7) is 2.16. The predicted octanol–water partition coefficient (Wildman–Crippen LogP) is 2.63. The molecule has 0 spiro atoms. The zero-order valence-electron chi connectivity index (χ0n) is 15.4. The summed E-state index contributed by atoms with van der Waals surface area (Å²) >= 11 is 0. The standard InChI is InChI=1S/C21H24N2O4/c1-26-18-5-2-3-6-19(18)27-14-12-22-21(25)17-10-8-16(9-11-17)15-23-13-4-7-20(23)24/h2-3,5-6,8-11H,4,7,12-15H2,1H3,(H,22,25). The van der Waals surface area contributed by atoms with Crippen LogP contribution < -0.4 is 14.8 Å². The van der Waals surface area contributed by atoms with Gasteiger partial charge in [-0.05, 0) is 36.2 Å². The third-order valence-corrected chi connectivity index (χ3v) is 4.48. The fraction of sp³-hybridized carbons (Fsp3) is 0.333. The van der Waals surface area contributed by atoms with E-state index in [0.29, 0.717) is 43.2 Å². The minimum atomic E-state index is -0.151. The highest BCUT2D eigenvalue weighted by Gasteiger charge is 2.19. The van der Waals surface area contributed by atoms with Crippen molar-refractivity contribution < 1.29 is 19.1 Å². The molecule has 2 aromatic carbocycles. The van der Waals surface area contributed by atoms with Gasteiger partial charge in [-0.2, -0.15) is 0 Å². The van der Waals surface area contributed by atoms with Crippen molar-refractivity contribution in [3.8, 4) is 11.5 Å². The lowest BCUT2D eigenvalue weighted by Crippen LogP contribution is -2.28. The molecule has 0 aromatic heterocycles. The Labute approximate surface area is 159 Å². The number of nitrogens with zero attached hydrogens (tertiary/aromatic N) is 1. The number of ether oxygens (including phenoxy) is 2. The summed E-state index contributed by atoms with van der Waals surface area (Å²) in [4.78, 5) is 25.8. The van der Waals surface area contributed by atoms with E-state index in [9.17, 15) is 9.59 Å². The first-order valence-corrected chi connectivity index (χ1v) is 9.08. The zero-order chi connectivity index (χ0) is 19.1. The summed E-state index contributed by atoms with van der Waals surface area (Å²) in [6, 6.07) is 14.7. The van der Waals surface area contributed by atoms with Gasteiger partial charge in [0, 0.05) is 25.1 Å². The Kier molecular flexibility index (Phi) is 6.30. The molecule has 2 aromatic rings. The van der Waals surface area contributed by atoms with Gasteiger partial charge in [-0.1, -0.05) is 24.3 Å². The predicted molar refractivity (Wildman–Crippen MR) is 102 cm³/mol. The van der Waals surface area contributed by atoms with Crippen molar-refractivity contribution in [2.24, 2.45) is 0 Å². The highest BCUT2D eigenvalue weighted by molar-refractivity contribution is 5.94. The van der Waals surface area contributed by atoms with Crippen molar-refractivity contribution in [3.05, 3.63) is 59.7 Å². The van der Waals surface area contributed by atoms with E-state index in [1.807, 2.05) is 41.3 Å². The molecule has 0 bridgehead atoms. The van der Waals surface area contributed by atoms with E-state index in [2.05, 4.69) is 5.32 Å². The molecule has 142 valence electrons. The minimum absolute atomic E-state index is 0.151. The summed E-state index contributed by atoms with van der Waals surface area (Å²) in [6.07, 6.45) is 1.56. The number of amides is 2. The first kappa shape index (κ1) is 18.8. The molecular formula is C21H24N2O4. The summed E-state index contributed by atoms with van der Waals surface area (Å²) in [5.41, 5.74) is 1.62. The molecule has 1 fully saturated rings. The Bertz CT molecular complexity index is 789. The average molecular weight is 368 g/mol. The lowest BCUT2D eigenvalue weighted by molar-refractivity contribution is -0.128. The van der Waals surface area contributed by atoms with Crippen molar-refractivity contribution in [1.29, 1.82) is 0 Å². The van der Waals surface area contributed by atoms with Gasteiger partial charge < -0.3 is 19.7 Å². The van der Waals surface area contributed by atoms with Crippen LogP contribution in [0.3, 0.4) is 0 Å². The first-order chi connectivity index (χ1) is 13.2. The lowest BCUT2D eigenvalue weighted by Gasteiger charge is -2.15. The van der Waals surface area contributed by atoms with E-state index in [-0.39, 0.29) is 11.8 Å². The normalized spacial score (nSPS) is 13.5. The molecule has 3 rings (SSSR count). The molecule has 2 amide bonds. The van der Waals surface area contributed by atoms with Gasteiger partial charge in [-0.25, -0.2) is 0 Å². The van der Waals surface area contributed by atoms with Gasteiger partial charge in [-0.15, -0.1) is 0 Å². The summed E-state index contributed by atoms with van der Waals surface area (Å²) < 4.78 is 10.9. The molecule has 0 saturated carbocycles. The molecule has 1 aliphatic heterocycles. The molecule has 6 nitrogen and oxygen atoms in total. The molecule has 1 heterocycles. The lowest BCUT2D eigenvalue weighted by atomic mass is 10.1. The van der Waals surface area contributed by atoms with Crippen molar-refractivity contribution in [1.82, 2.24) is 10.2 Å². The van der Waals surface area contributed by atoms with Crippen LogP contribution in [0.2, 0.25) is 0 Å². The number of nitrogens with one attached hydrogen (secondary N) is 1. The largest absolute Gasteiger partial charge is 0.493 e. The van der Waals surface area contributed by atoms with Crippen LogP contribution in [0.15, 0.2) is 48.5 Å². The SMILES string of the molecule is COc1ccccc1OCCNC(=O)c1ccc(CN2CCCC2=O)cc1. The number of likely N-dealkylation sites (tertiary alicyclic amines) is 1. The van der Waals surface area contributed by atoms with Gasteiger partial charge in [0.25, 0.3) is 5.91 Å². The number of carbonyl (C=O) groups is 2. The van der Waals surface area contributed by atoms with E-state index in [4.69, 9.17) is 9.47 Å². The van der Waals surface area contributed by atoms with E-state index in [1.54, 1.807) is 19.2 Å². The fourth-order valence-electron chi connectivity index (χ4n) is 3.02. The second kappa shape index (κ2) is 9.07. The highest BCUT2D eigenvalue weighted by atomic mass is 16.5. The Morgan fingerprint density at radius 1 is 1.11 bits per heavy atom. The molecule has 1 saturated heterocycles. The summed E-state index contributed by atoms with van der Waals surface area (Å²) in [5, 5.41) is 2.84. The molecule has 27 heavy (non-hydrogen) atoms. The molecule has 0 radical (unpaired) electrons. The quantitative estimate of drug-likeness (QED) is 0.728. The Balaban J connectivity index is 1.44. The average Bonchev–Trinajstić information content (AvgIpc) is 3.10. The van der Waals surface area contributed by atoms with Crippen LogP contribution in [0.4, 0.5) is 0 Å². The smallest absolute Gasteiger partial charge is 0.251 e. The van der Waals surface area contributed by atoms with E-state index in [0.717, 1.165) is 18.5 Å². The van der Waals surface area contributed by atoms with Crippen LogP contribution in [0.25, 0.3) is 0 Å². The van der Waals surface area contributed by atoms with Crippen molar-refractivity contribution in [2.75, 3.05) is 26.8 Å². The van der Waals surface area contributed by atoms with Crippen LogP contribution in [0.1, 0.15) is 28.8 Å². The number of carbonyl (C=O) groups excluding carboxylic acids is 2. The highest BCUT2D eigenvalue weighted by Crippen LogP contribution is 2.25. The van der Waals surface area contributed by atoms with Gasteiger partial charge in [-0.3, -0.25) is 9.59 Å². The molecule has 0 unspecified atom stereocenters. The first-order valence-electron chi connectivity index (χ1n) is 9.08. The molecule has 0 atom stereocenters. The third-order valence-electron chi connectivity index (χ3n) is 4.48. The van der Waals surface area contributed by atoms with Crippen molar-refractivity contribution >= 4 is 11.8 Å². The number of methoxy groups -OCH3 is 1. The maximum absolute atomic E-state index is 12.2. The van der Waals surface area contributed by atoms with Crippen LogP contribution in [-0.4, -0.2) is 43.5 Å². The Morgan fingerprint density at radius 2 is 1.85 bits per heavy atom. The van der Waals surface area contributed by atoms with Crippen LogP contribution in [-0.2, 0) is 11.3 Å². The van der Waals surface area contributed by atoms with Gasteiger partial charge in [0.1, 0.15) is 6.61 Å². The number of hydrogen-bond acceptors (Lipinski definition) is 4. The second-order valence-electron chi connectivity index (χ2n) is 6.37. The fourth-order valence-corrected chi connectivity index (χ4v) is 3.02. The number of para-hydroxylation sites is 2. The number of benzene rings is 2. The molecular weight excluding hydrogens is 344 g/mol. The van der Waals surface area contributed by atoms with Gasteiger partial charge in [0.05, 0.1) is 13.7 Å². The maximum atomic E-state index is 12.2. The van der Waals surface area contributed by atoms with Crippen LogP contribution in [0, 0.1) is 0 Å². The van der Waals surface area contributed by atoms with E-state index >= 15 is 0 Å². The summed E-state index contributed by atoms with van der Waals surface area (Å²) in [5.74, 6) is 1.36. The number of rotatable bonds is 8. The van der Waals surface area contributed by atoms with Crippen LogP contribution >= 0.6 is 0 Å². The van der Waals surface area contributed by atoms with Gasteiger partial charge >= 0.3 is 0 Å². The van der Waals surface area contributed by atoms with Crippen molar-refractivity contribution in [3.63, 3.8) is 0 Å². The maximum Gasteiger partial charge on any atom is 0.251 e. The topological polar surface area (TPSA) is 67.9 Å². The Morgan fingerprint density at radius 3 is 2.52 bits per heavy atom. The summed E-state index contributed by atoms with van der Waals surface area (Å²) in [7, 11) is 1.59. The Hall–Kier alpha value is -3.02. The van der Waals surface area contributed by atoms with Crippen molar-refractivity contribution in [2.45, 2.75) is 19.4 Å².